The molecule has 1 fully saturated rings. The molecule has 1 aromatic carbocycles. The summed E-state index contributed by atoms with van der Waals surface area (Å²) in [5.74, 6) is 0.278. The number of nitrogens with one attached hydrogen (secondary N) is 2. The summed E-state index contributed by atoms with van der Waals surface area (Å²) in [4.78, 5) is 11.2. The average Bonchev–Trinajstić information content (AvgIpc) is 3.25. The molecule has 0 amide bonds. The molecule has 0 atom stereocenters. The minimum Gasteiger partial charge on any atom is -0.355 e. The highest BCUT2D eigenvalue weighted by Crippen LogP contribution is 2.33. The number of halogens is 1. The molecule has 0 bridgehead atoms. The van der Waals surface area contributed by atoms with Crippen molar-refractivity contribution < 1.29 is 4.39 Å². The fourth-order valence-electron chi connectivity index (χ4n) is 4.87. The van der Waals surface area contributed by atoms with Crippen molar-refractivity contribution in [1.29, 1.82) is 5.26 Å². The van der Waals surface area contributed by atoms with E-state index in [-0.39, 0.29) is 16.6 Å². The highest BCUT2D eigenvalue weighted by molar-refractivity contribution is 5.75. The van der Waals surface area contributed by atoms with E-state index in [4.69, 9.17) is 0 Å². The van der Waals surface area contributed by atoms with E-state index in [0.717, 1.165) is 18.7 Å². The monoisotopic (exact) mass is 433 g/mol. The lowest BCUT2D eigenvalue weighted by atomic mass is 9.79. The summed E-state index contributed by atoms with van der Waals surface area (Å²) < 4.78 is 14.9. The van der Waals surface area contributed by atoms with Crippen LogP contribution in [-0.4, -0.2) is 44.3 Å². The first-order valence-corrected chi connectivity index (χ1v) is 10.7. The van der Waals surface area contributed by atoms with Crippen LogP contribution in [0.15, 0.2) is 36.9 Å². The maximum atomic E-state index is 14.9. The minimum absolute atomic E-state index is 0.0155. The van der Waals surface area contributed by atoms with Gasteiger partial charge in [-0.25, -0.2) is 9.37 Å². The van der Waals surface area contributed by atoms with Gasteiger partial charge in [0.15, 0.2) is 0 Å². The van der Waals surface area contributed by atoms with Crippen LogP contribution < -0.4 is 10.2 Å². The number of benzene rings is 1. The predicted octanol–water partition coefficient (Wildman–Crippen LogP) is 4.29. The number of nitriles is 1. The van der Waals surface area contributed by atoms with E-state index in [1.165, 1.54) is 12.1 Å². The van der Waals surface area contributed by atoms with Crippen molar-refractivity contribution >= 4 is 5.82 Å². The summed E-state index contributed by atoms with van der Waals surface area (Å²) in [7, 11) is 2.03. The molecule has 0 radical (unpaired) electrons. The lowest BCUT2D eigenvalue weighted by Gasteiger charge is -2.49. The zero-order valence-electron chi connectivity index (χ0n) is 19.1. The van der Waals surface area contributed by atoms with Crippen LogP contribution in [0, 0.1) is 17.1 Å². The van der Waals surface area contributed by atoms with E-state index in [0.29, 0.717) is 28.4 Å². The van der Waals surface area contributed by atoms with E-state index in [1.54, 1.807) is 24.8 Å². The molecule has 0 aliphatic carbocycles. The smallest absolute Gasteiger partial charge is 0.147 e. The Morgan fingerprint density at radius 3 is 2.34 bits per heavy atom. The highest BCUT2D eigenvalue weighted by Gasteiger charge is 2.39. The largest absolute Gasteiger partial charge is 0.355 e. The lowest BCUT2D eigenvalue weighted by molar-refractivity contribution is 0.160. The Kier molecular flexibility index (Phi) is 5.47. The molecule has 0 saturated carbocycles. The van der Waals surface area contributed by atoms with Gasteiger partial charge in [-0.05, 0) is 52.7 Å². The van der Waals surface area contributed by atoms with Crippen molar-refractivity contribution in [3.05, 3.63) is 48.3 Å². The normalized spacial score (nSPS) is 17.7. The first-order chi connectivity index (χ1) is 15.1. The van der Waals surface area contributed by atoms with Gasteiger partial charge in [-0.2, -0.15) is 10.4 Å². The molecule has 3 heterocycles. The van der Waals surface area contributed by atoms with Gasteiger partial charge in [0.25, 0.3) is 0 Å². The Morgan fingerprint density at radius 2 is 1.78 bits per heavy atom. The summed E-state index contributed by atoms with van der Waals surface area (Å²) in [5, 5.41) is 19.8. The first kappa shape index (κ1) is 21.9. The van der Waals surface area contributed by atoms with Crippen molar-refractivity contribution in [1.82, 2.24) is 25.5 Å². The van der Waals surface area contributed by atoms with Crippen LogP contribution in [0.5, 0.6) is 0 Å². The quantitative estimate of drug-likeness (QED) is 0.638. The fourth-order valence-corrected chi connectivity index (χ4v) is 4.87. The molecule has 2 aromatic heterocycles. The van der Waals surface area contributed by atoms with Crippen molar-refractivity contribution in [3.8, 4) is 28.5 Å². The van der Waals surface area contributed by atoms with Gasteiger partial charge in [0.05, 0.1) is 35.9 Å². The van der Waals surface area contributed by atoms with Gasteiger partial charge in [0.1, 0.15) is 11.6 Å². The molecular weight excluding hydrogens is 405 g/mol. The third kappa shape index (κ3) is 4.34. The molecule has 166 valence electrons. The Hall–Kier alpha value is -3.31. The second-order valence-electron chi connectivity index (χ2n) is 9.80. The van der Waals surface area contributed by atoms with Crippen molar-refractivity contribution in [2.45, 2.75) is 57.7 Å². The van der Waals surface area contributed by atoms with Crippen LogP contribution in [0.2, 0.25) is 0 Å². The van der Waals surface area contributed by atoms with Gasteiger partial charge in [0.2, 0.25) is 0 Å². The number of piperidine rings is 1. The van der Waals surface area contributed by atoms with Crippen LogP contribution in [0.3, 0.4) is 0 Å². The molecule has 1 saturated heterocycles. The molecule has 2 N–H and O–H groups in total. The third-order valence-electron chi connectivity index (χ3n) is 6.03. The maximum absolute atomic E-state index is 14.9. The Balaban J connectivity index is 1.61. The van der Waals surface area contributed by atoms with Gasteiger partial charge in [0, 0.05) is 47.1 Å². The molecule has 0 spiro atoms. The van der Waals surface area contributed by atoms with Crippen LogP contribution in [0.4, 0.5) is 10.2 Å². The highest BCUT2D eigenvalue weighted by atomic mass is 19.1. The molecule has 1 aliphatic rings. The number of aromatic amines is 1. The van der Waals surface area contributed by atoms with Crippen molar-refractivity contribution in [2.24, 2.45) is 0 Å². The van der Waals surface area contributed by atoms with Gasteiger partial charge in [-0.15, -0.1) is 0 Å². The van der Waals surface area contributed by atoms with Crippen LogP contribution in [0.25, 0.3) is 22.4 Å². The number of hydrogen-bond donors (Lipinski definition) is 2. The molecule has 0 unspecified atom stereocenters. The zero-order chi connectivity index (χ0) is 23.1. The molecule has 1 aliphatic heterocycles. The fraction of sp³-hybridized carbons (Fsp3) is 0.417. The van der Waals surface area contributed by atoms with E-state index in [1.807, 2.05) is 7.05 Å². The second-order valence-corrected chi connectivity index (χ2v) is 9.80. The molecule has 32 heavy (non-hydrogen) atoms. The number of H-pyrrole nitrogens is 1. The van der Waals surface area contributed by atoms with Gasteiger partial charge < -0.3 is 10.2 Å². The average molecular weight is 434 g/mol. The number of nitrogens with zero attached hydrogens (tertiary/aromatic N) is 5. The number of aromatic nitrogens is 4. The van der Waals surface area contributed by atoms with E-state index in [2.05, 4.69) is 64.1 Å². The summed E-state index contributed by atoms with van der Waals surface area (Å²) >= 11 is 0. The van der Waals surface area contributed by atoms with Crippen LogP contribution >= 0.6 is 0 Å². The standard InChI is InChI=1S/C24H28FN7/c1-23(2)8-17(9-24(3,4)31-23)32(5)22-14-27-21(13-28-22)19-6-15(10-26)18(7-20(19)25)16-11-29-30-12-16/h6-7,11-14,17,31H,8-9H2,1-5H3,(H,29,30). The van der Waals surface area contributed by atoms with Gasteiger partial charge in [-0.1, -0.05) is 0 Å². The molecule has 4 rings (SSSR count). The predicted molar refractivity (Wildman–Crippen MR) is 122 cm³/mol. The Morgan fingerprint density at radius 1 is 1.06 bits per heavy atom. The topological polar surface area (TPSA) is 93.5 Å². The second kappa shape index (κ2) is 7.99. The number of anilines is 1. The maximum Gasteiger partial charge on any atom is 0.147 e. The van der Waals surface area contributed by atoms with Gasteiger partial charge in [-0.3, -0.25) is 10.1 Å². The lowest BCUT2D eigenvalue weighted by Crippen LogP contribution is -2.62. The first-order valence-electron chi connectivity index (χ1n) is 10.7. The summed E-state index contributed by atoms with van der Waals surface area (Å²) in [6, 6.07) is 5.31. The molecule has 7 nitrogen and oxygen atoms in total. The number of hydrogen-bond acceptors (Lipinski definition) is 6. The molecule has 3 aromatic rings. The van der Waals surface area contributed by atoms with Crippen molar-refractivity contribution in [2.75, 3.05) is 11.9 Å². The Bertz CT molecular complexity index is 1130. The number of rotatable bonds is 4. The van der Waals surface area contributed by atoms with Crippen molar-refractivity contribution in [3.63, 3.8) is 0 Å². The zero-order valence-corrected chi connectivity index (χ0v) is 19.1. The summed E-state index contributed by atoms with van der Waals surface area (Å²) in [5.41, 5.74) is 2.17. The summed E-state index contributed by atoms with van der Waals surface area (Å²) in [6.07, 6.45) is 8.39. The third-order valence-corrected chi connectivity index (χ3v) is 6.03. The van der Waals surface area contributed by atoms with E-state index in [9.17, 15) is 9.65 Å². The van der Waals surface area contributed by atoms with Crippen LogP contribution in [0.1, 0.15) is 46.1 Å². The van der Waals surface area contributed by atoms with E-state index >= 15 is 0 Å². The molecule has 8 heteroatoms. The van der Waals surface area contributed by atoms with Crippen LogP contribution in [-0.2, 0) is 0 Å². The summed E-state index contributed by atoms with van der Waals surface area (Å²) in [6.45, 7) is 8.86. The Labute approximate surface area is 187 Å². The minimum atomic E-state index is -0.461. The van der Waals surface area contributed by atoms with E-state index < -0.39 is 5.82 Å². The van der Waals surface area contributed by atoms with Gasteiger partial charge >= 0.3 is 0 Å². The SMILES string of the molecule is CN(c1cnc(-c2cc(C#N)c(-c3cn[nH]c3)cc2F)cn1)C1CC(C)(C)NC(C)(C)C1. The molecular formula is C24H28FN7.